The molecule has 0 saturated heterocycles. The van der Waals surface area contributed by atoms with Crippen molar-refractivity contribution in [2.75, 3.05) is 6.61 Å². The molecule has 1 aliphatic carbocycles. The van der Waals surface area contributed by atoms with Gasteiger partial charge in [0.2, 0.25) is 5.75 Å². The van der Waals surface area contributed by atoms with Crippen LogP contribution < -0.4 is 20.9 Å². The Hall–Kier alpha value is -4.05. The van der Waals surface area contributed by atoms with Crippen LogP contribution in [0.4, 0.5) is 4.39 Å². The first-order chi connectivity index (χ1) is 18.2. The number of hydrogen-bond acceptors (Lipinski definition) is 6. The molecule has 2 aliphatic rings. The molecule has 1 saturated carbocycles. The van der Waals surface area contributed by atoms with Gasteiger partial charge >= 0.3 is 0 Å². The van der Waals surface area contributed by atoms with Crippen LogP contribution in [0.25, 0.3) is 0 Å². The predicted molar refractivity (Wildman–Crippen MR) is 136 cm³/mol. The number of benzene rings is 2. The zero-order valence-electron chi connectivity index (χ0n) is 21.3. The van der Waals surface area contributed by atoms with Crippen LogP contribution in [0.15, 0.2) is 53.3 Å². The molecule has 2 amide bonds. The molecule has 198 valence electrons. The fraction of sp³-hybridized carbons (Fsp3) is 0.357. The molecule has 2 heterocycles. The number of fused-ring (bicyclic) bond motifs is 1. The van der Waals surface area contributed by atoms with Gasteiger partial charge in [-0.1, -0.05) is 36.4 Å². The van der Waals surface area contributed by atoms with Crippen LogP contribution in [0.2, 0.25) is 0 Å². The van der Waals surface area contributed by atoms with Crippen LogP contribution in [-0.2, 0) is 30.0 Å². The van der Waals surface area contributed by atoms with Gasteiger partial charge in [0.1, 0.15) is 23.8 Å². The van der Waals surface area contributed by atoms with Gasteiger partial charge in [-0.3, -0.25) is 19.0 Å². The van der Waals surface area contributed by atoms with Gasteiger partial charge in [-0.2, -0.15) is 0 Å². The van der Waals surface area contributed by atoms with Gasteiger partial charge in [-0.05, 0) is 49.9 Å². The average molecular weight is 521 g/mol. The molecule has 5 rings (SSSR count). The summed E-state index contributed by atoms with van der Waals surface area (Å²) in [6, 6.07) is 13.2. The molecule has 3 aromatic rings. The van der Waals surface area contributed by atoms with Crippen LogP contribution >= 0.6 is 0 Å². The van der Waals surface area contributed by atoms with E-state index in [1.165, 1.54) is 16.7 Å². The summed E-state index contributed by atoms with van der Waals surface area (Å²) in [4.78, 5) is 44.1. The van der Waals surface area contributed by atoms with Crippen molar-refractivity contribution < 1.29 is 23.5 Å². The number of carbonyl (C=O) groups is 2. The molecule has 0 unspecified atom stereocenters. The van der Waals surface area contributed by atoms with E-state index < -0.39 is 28.8 Å². The minimum absolute atomic E-state index is 0.0702. The largest absolute Gasteiger partial charge is 0.481 e. The SMILES string of the molecule is CC1(C)OCCn2c1nc(C(=O)NCc1ccc(F)cc1C(=O)NC1CC1)c(OCc1ccccc1)c2=O. The minimum Gasteiger partial charge on any atom is -0.481 e. The lowest BCUT2D eigenvalue weighted by Crippen LogP contribution is -2.43. The molecule has 1 aliphatic heterocycles. The highest BCUT2D eigenvalue weighted by Gasteiger charge is 2.35. The number of nitrogens with zero attached hydrogens (tertiary/aromatic N) is 2. The monoisotopic (exact) mass is 520 g/mol. The maximum Gasteiger partial charge on any atom is 0.296 e. The topological polar surface area (TPSA) is 112 Å². The molecule has 38 heavy (non-hydrogen) atoms. The summed E-state index contributed by atoms with van der Waals surface area (Å²) >= 11 is 0. The first-order valence-corrected chi connectivity index (χ1v) is 12.6. The molecule has 2 N–H and O–H groups in total. The van der Waals surface area contributed by atoms with E-state index in [9.17, 15) is 18.8 Å². The maximum atomic E-state index is 13.9. The summed E-state index contributed by atoms with van der Waals surface area (Å²) in [5.41, 5.74) is -0.147. The van der Waals surface area contributed by atoms with E-state index in [1.54, 1.807) is 13.8 Å². The summed E-state index contributed by atoms with van der Waals surface area (Å²) in [6.07, 6.45) is 1.77. The highest BCUT2D eigenvalue weighted by atomic mass is 19.1. The first kappa shape index (κ1) is 25.6. The van der Waals surface area contributed by atoms with Crippen LogP contribution in [0.5, 0.6) is 5.75 Å². The molecule has 1 aromatic heterocycles. The van der Waals surface area contributed by atoms with Crippen molar-refractivity contribution in [1.29, 1.82) is 0 Å². The molecular weight excluding hydrogens is 491 g/mol. The Bertz CT molecular complexity index is 1430. The fourth-order valence-electron chi connectivity index (χ4n) is 4.34. The molecule has 10 heteroatoms. The van der Waals surface area contributed by atoms with E-state index in [4.69, 9.17) is 9.47 Å². The van der Waals surface area contributed by atoms with Crippen LogP contribution in [0.3, 0.4) is 0 Å². The summed E-state index contributed by atoms with van der Waals surface area (Å²) < 4.78 is 27.1. The molecule has 0 spiro atoms. The quantitative estimate of drug-likeness (QED) is 0.472. The van der Waals surface area contributed by atoms with Crippen molar-refractivity contribution in [1.82, 2.24) is 20.2 Å². The van der Waals surface area contributed by atoms with Gasteiger partial charge in [0.25, 0.3) is 17.4 Å². The van der Waals surface area contributed by atoms with Gasteiger partial charge < -0.3 is 20.1 Å². The van der Waals surface area contributed by atoms with Crippen LogP contribution in [0.1, 0.15) is 64.5 Å². The molecular formula is C28H29FN4O5. The van der Waals surface area contributed by atoms with Crippen molar-refractivity contribution in [3.05, 3.63) is 92.9 Å². The average Bonchev–Trinajstić information content (AvgIpc) is 3.72. The number of carbonyl (C=O) groups excluding carboxylic acids is 2. The third-order valence-corrected chi connectivity index (χ3v) is 6.55. The Morgan fingerprint density at radius 3 is 2.66 bits per heavy atom. The number of amides is 2. The van der Waals surface area contributed by atoms with E-state index in [-0.39, 0.29) is 42.7 Å². The Morgan fingerprint density at radius 2 is 1.92 bits per heavy atom. The number of hydrogen-bond donors (Lipinski definition) is 2. The zero-order valence-corrected chi connectivity index (χ0v) is 21.3. The van der Waals surface area contributed by atoms with E-state index >= 15 is 0 Å². The molecule has 0 atom stereocenters. The lowest BCUT2D eigenvalue weighted by atomic mass is 10.1. The van der Waals surface area contributed by atoms with Gasteiger partial charge in [-0.25, -0.2) is 9.37 Å². The number of ether oxygens (including phenoxy) is 2. The highest BCUT2D eigenvalue weighted by Crippen LogP contribution is 2.28. The smallest absolute Gasteiger partial charge is 0.296 e. The lowest BCUT2D eigenvalue weighted by molar-refractivity contribution is -0.0567. The first-order valence-electron chi connectivity index (χ1n) is 12.6. The summed E-state index contributed by atoms with van der Waals surface area (Å²) in [6.45, 7) is 4.15. The van der Waals surface area contributed by atoms with Gasteiger partial charge in [0.05, 0.1) is 13.2 Å². The molecule has 1 fully saturated rings. The van der Waals surface area contributed by atoms with Gasteiger partial charge in [0.15, 0.2) is 5.69 Å². The third kappa shape index (κ3) is 5.45. The van der Waals surface area contributed by atoms with Gasteiger partial charge in [0, 0.05) is 18.2 Å². The third-order valence-electron chi connectivity index (χ3n) is 6.55. The molecule has 0 radical (unpaired) electrons. The minimum atomic E-state index is -0.893. The number of rotatable bonds is 8. The number of halogens is 1. The Labute approximate surface area is 219 Å². The van der Waals surface area contributed by atoms with E-state index in [0.29, 0.717) is 18.0 Å². The standard InChI is InChI=1S/C28H29FN4O5/c1-28(2)27-32-22(23(26(36)33(27)12-13-38-28)37-16-17-6-4-3-5-7-17)25(35)30-15-18-8-9-19(29)14-21(18)24(34)31-20-10-11-20/h3-9,14,20H,10-13,15-16H2,1-2H3,(H,30,35)(H,31,34). The maximum absolute atomic E-state index is 13.9. The van der Waals surface area contributed by atoms with E-state index in [0.717, 1.165) is 24.5 Å². The van der Waals surface area contributed by atoms with Crippen molar-refractivity contribution >= 4 is 11.8 Å². The summed E-state index contributed by atoms with van der Waals surface area (Å²) in [7, 11) is 0. The second-order valence-corrected chi connectivity index (χ2v) is 9.93. The van der Waals surface area contributed by atoms with Gasteiger partial charge in [-0.15, -0.1) is 0 Å². The van der Waals surface area contributed by atoms with E-state index in [2.05, 4.69) is 15.6 Å². The Kier molecular flexibility index (Phi) is 6.98. The van der Waals surface area contributed by atoms with E-state index in [1.807, 2.05) is 30.3 Å². The molecule has 2 aromatic carbocycles. The Balaban J connectivity index is 1.44. The highest BCUT2D eigenvalue weighted by molar-refractivity contribution is 5.97. The van der Waals surface area contributed by atoms with Crippen molar-refractivity contribution in [3.63, 3.8) is 0 Å². The normalized spacial score (nSPS) is 15.9. The van der Waals surface area contributed by atoms with Crippen LogP contribution in [0, 0.1) is 5.82 Å². The summed E-state index contributed by atoms with van der Waals surface area (Å²) in [5.74, 6) is -1.46. The van der Waals surface area contributed by atoms with Crippen LogP contribution in [-0.4, -0.2) is 34.0 Å². The van der Waals surface area contributed by atoms with Crippen molar-refractivity contribution in [2.24, 2.45) is 0 Å². The second-order valence-electron chi connectivity index (χ2n) is 9.93. The number of nitrogens with one attached hydrogen (secondary N) is 2. The fourth-order valence-corrected chi connectivity index (χ4v) is 4.34. The number of aromatic nitrogens is 2. The second kappa shape index (κ2) is 10.4. The molecule has 0 bridgehead atoms. The van der Waals surface area contributed by atoms with Crippen molar-refractivity contribution in [3.8, 4) is 5.75 Å². The van der Waals surface area contributed by atoms with Crippen molar-refractivity contribution in [2.45, 2.75) is 58.0 Å². The predicted octanol–water partition coefficient (Wildman–Crippen LogP) is 3.05. The Morgan fingerprint density at radius 1 is 1.16 bits per heavy atom. The lowest BCUT2D eigenvalue weighted by Gasteiger charge is -2.32. The zero-order chi connectivity index (χ0) is 26.9. The summed E-state index contributed by atoms with van der Waals surface area (Å²) in [5, 5.41) is 5.57. The molecule has 9 nitrogen and oxygen atoms in total.